The smallest absolute Gasteiger partial charge is 0.369 e. The van der Waals surface area contributed by atoms with Gasteiger partial charge in [0.15, 0.2) is 0 Å². The van der Waals surface area contributed by atoms with E-state index in [9.17, 15) is 9.59 Å². The Morgan fingerprint density at radius 3 is 1.32 bits per heavy atom. The highest BCUT2D eigenvalue weighted by Gasteiger charge is 2.29. The van der Waals surface area contributed by atoms with Crippen molar-refractivity contribution in [3.63, 3.8) is 0 Å². The van der Waals surface area contributed by atoms with Crippen LogP contribution in [0.5, 0.6) is 0 Å². The third-order valence-electron chi connectivity index (χ3n) is 10.1. The quantitative estimate of drug-likeness (QED) is 0.199. The van der Waals surface area contributed by atoms with Crippen molar-refractivity contribution >= 4 is 34.6 Å². The standard InChI is InChI=1S/C39H38Cl2N8O4/c40-30-3-1-5-34(24-30)46-19-15-44(16-20-46)26-36-38(50)52-42-48(36)32-11-7-28(8-12-32)23-29-9-13-33(14-10-29)49-37(39(51)53-43-49)27-45-17-21-47(22-18-45)35-6-2-4-31(41)25-35/h1-14,24-25H,15-23,26-27H2/p+2. The van der Waals surface area contributed by atoms with Crippen molar-refractivity contribution in [2.24, 2.45) is 0 Å². The summed E-state index contributed by atoms with van der Waals surface area (Å²) < 4.78 is 13.9. The van der Waals surface area contributed by atoms with Crippen molar-refractivity contribution in [3.05, 3.63) is 150 Å². The predicted molar refractivity (Wildman–Crippen MR) is 202 cm³/mol. The highest BCUT2D eigenvalue weighted by molar-refractivity contribution is 6.31. The third-order valence-corrected chi connectivity index (χ3v) is 10.6. The van der Waals surface area contributed by atoms with Gasteiger partial charge in [-0.2, -0.15) is 0 Å². The second kappa shape index (κ2) is 15.5. The van der Waals surface area contributed by atoms with Gasteiger partial charge in [-0.3, -0.25) is 18.8 Å². The van der Waals surface area contributed by atoms with Crippen molar-refractivity contribution in [2.45, 2.75) is 19.5 Å². The van der Waals surface area contributed by atoms with Crippen LogP contribution in [0, 0.1) is 0 Å². The van der Waals surface area contributed by atoms with Crippen LogP contribution in [-0.2, 0) is 19.5 Å². The minimum Gasteiger partial charge on any atom is -0.369 e. The molecule has 2 N–H and O–H groups in total. The fourth-order valence-electron chi connectivity index (χ4n) is 7.13. The minimum atomic E-state index is -0.372. The van der Waals surface area contributed by atoms with Crippen LogP contribution >= 0.6 is 23.2 Å². The predicted octanol–water partition coefficient (Wildman–Crippen LogP) is 4.34. The summed E-state index contributed by atoms with van der Waals surface area (Å²) in [5.41, 5.74) is 6.46. The molecule has 0 unspecified atom stereocenters. The number of aromatic nitrogens is 4. The summed E-state index contributed by atoms with van der Waals surface area (Å²) in [4.78, 5) is 34.6. The second-order valence-electron chi connectivity index (χ2n) is 13.5. The molecule has 0 bridgehead atoms. The summed E-state index contributed by atoms with van der Waals surface area (Å²) in [5, 5.41) is 7.03. The highest BCUT2D eigenvalue weighted by atomic mass is 35.5. The Kier molecular flexibility index (Phi) is 10.2. The summed E-state index contributed by atoms with van der Waals surface area (Å²) in [5.74, 6) is 0. The lowest BCUT2D eigenvalue weighted by atomic mass is 10.0. The number of H-pyrrole nitrogens is 2. The molecule has 14 heteroatoms. The Labute approximate surface area is 315 Å². The van der Waals surface area contributed by atoms with Gasteiger partial charge in [-0.15, -0.1) is 0 Å². The maximum atomic E-state index is 12.7. The van der Waals surface area contributed by atoms with E-state index in [-0.39, 0.29) is 11.3 Å². The topological polar surface area (TPSA) is 113 Å². The Morgan fingerprint density at radius 2 is 0.943 bits per heavy atom. The third kappa shape index (κ3) is 7.96. The van der Waals surface area contributed by atoms with Gasteiger partial charge in [0.05, 0.1) is 13.1 Å². The fraction of sp³-hybridized carbons (Fsp3) is 0.282. The van der Waals surface area contributed by atoms with Crippen LogP contribution in [-0.4, -0.2) is 72.7 Å². The first-order valence-corrected chi connectivity index (χ1v) is 18.5. The number of piperazine rings is 2. The summed E-state index contributed by atoms with van der Waals surface area (Å²) in [6.07, 6.45) is 0.716. The van der Waals surface area contributed by atoms with E-state index in [4.69, 9.17) is 32.2 Å². The van der Waals surface area contributed by atoms with Crippen molar-refractivity contribution in [1.29, 1.82) is 0 Å². The van der Waals surface area contributed by atoms with Crippen molar-refractivity contribution in [3.8, 4) is 11.4 Å². The molecule has 4 aromatic carbocycles. The number of hydrogen-bond acceptors (Lipinski definition) is 8. The molecule has 6 aromatic rings. The maximum absolute atomic E-state index is 12.7. The monoisotopic (exact) mass is 754 g/mol. The number of aromatic amines is 2. The highest BCUT2D eigenvalue weighted by Crippen LogP contribution is 2.23. The maximum Gasteiger partial charge on any atom is 0.431 e. The summed E-state index contributed by atoms with van der Waals surface area (Å²) in [7, 11) is 0. The van der Waals surface area contributed by atoms with Crippen LogP contribution in [0.2, 0.25) is 10.0 Å². The van der Waals surface area contributed by atoms with Crippen LogP contribution < -0.4 is 30.4 Å². The van der Waals surface area contributed by atoms with Gasteiger partial charge in [0.25, 0.3) is 0 Å². The Balaban J connectivity index is 0.874. The molecule has 0 radical (unpaired) electrons. The minimum absolute atomic E-state index is 0.372. The van der Waals surface area contributed by atoms with Gasteiger partial charge < -0.3 is 9.80 Å². The SMILES string of the molecule is O=c1o[nH][n+](-c2ccc(Cc3ccc(-[n+]4[nH]oc(=O)c4CN4CCN(c5cccc(Cl)c5)CC4)cc3)cc2)c1CN1CCN(c2cccc(Cl)c2)CC1. The molecule has 0 aliphatic carbocycles. The molecule has 2 aliphatic rings. The van der Waals surface area contributed by atoms with E-state index in [1.165, 1.54) is 0 Å². The molecule has 53 heavy (non-hydrogen) atoms. The molecule has 4 heterocycles. The van der Waals surface area contributed by atoms with E-state index >= 15 is 0 Å². The van der Waals surface area contributed by atoms with Crippen molar-refractivity contribution in [1.82, 2.24) is 20.3 Å². The second-order valence-corrected chi connectivity index (χ2v) is 14.4. The van der Waals surface area contributed by atoms with Gasteiger partial charge in [0, 0.05) is 98.0 Å². The first-order valence-electron chi connectivity index (χ1n) is 17.8. The number of halogens is 2. The molecule has 0 spiro atoms. The normalized spacial score (nSPS) is 15.7. The molecule has 0 amide bonds. The first kappa shape index (κ1) is 34.9. The number of nitrogens with one attached hydrogen (secondary N) is 2. The first-order chi connectivity index (χ1) is 25.9. The number of hydrogen-bond donors (Lipinski definition) is 2. The lowest BCUT2D eigenvalue weighted by Crippen LogP contribution is -2.49. The van der Waals surface area contributed by atoms with Crippen LogP contribution in [0.3, 0.4) is 0 Å². The number of rotatable bonds is 10. The molecule has 2 saturated heterocycles. The van der Waals surface area contributed by atoms with Gasteiger partial charge in [0.1, 0.15) is 0 Å². The fourth-order valence-corrected chi connectivity index (χ4v) is 7.50. The van der Waals surface area contributed by atoms with E-state index in [1.807, 2.05) is 60.7 Å². The molecular formula is C39H40Cl2N8O4+2. The van der Waals surface area contributed by atoms with Gasteiger partial charge in [-0.25, -0.2) is 9.59 Å². The largest absolute Gasteiger partial charge is 0.431 e. The van der Waals surface area contributed by atoms with Crippen LogP contribution in [0.4, 0.5) is 11.4 Å². The van der Waals surface area contributed by atoms with Gasteiger partial charge in [-0.05, 0) is 73.9 Å². The van der Waals surface area contributed by atoms with E-state index in [0.717, 1.165) is 96.3 Å². The number of nitrogens with zero attached hydrogens (tertiary/aromatic N) is 6. The lowest BCUT2D eigenvalue weighted by Gasteiger charge is -2.35. The van der Waals surface area contributed by atoms with E-state index in [0.29, 0.717) is 30.9 Å². The molecule has 2 fully saturated rings. The van der Waals surface area contributed by atoms with Crippen LogP contribution in [0.25, 0.3) is 11.4 Å². The van der Waals surface area contributed by atoms with Crippen molar-refractivity contribution in [2.75, 3.05) is 62.2 Å². The molecular weight excluding hydrogens is 715 g/mol. The summed E-state index contributed by atoms with van der Waals surface area (Å²) >= 11 is 12.4. The molecule has 272 valence electrons. The summed E-state index contributed by atoms with van der Waals surface area (Å²) in [6.45, 7) is 7.58. The number of benzene rings is 4. The van der Waals surface area contributed by atoms with E-state index < -0.39 is 0 Å². The van der Waals surface area contributed by atoms with Gasteiger partial charge in [-0.1, -0.05) is 59.6 Å². The Morgan fingerprint density at radius 1 is 0.547 bits per heavy atom. The van der Waals surface area contributed by atoms with Gasteiger partial charge >= 0.3 is 22.6 Å². The average Bonchev–Trinajstić information content (AvgIpc) is 3.73. The van der Waals surface area contributed by atoms with Crippen LogP contribution in [0.15, 0.2) is 116 Å². The zero-order valence-electron chi connectivity index (χ0n) is 29.1. The zero-order chi connectivity index (χ0) is 36.3. The van der Waals surface area contributed by atoms with E-state index in [2.05, 4.69) is 66.5 Å². The molecule has 0 saturated carbocycles. The van der Waals surface area contributed by atoms with Gasteiger partial charge in [0.2, 0.25) is 11.4 Å². The summed E-state index contributed by atoms with van der Waals surface area (Å²) in [6, 6.07) is 32.0. The molecule has 0 atom stereocenters. The molecule has 2 aromatic heterocycles. The number of anilines is 2. The lowest BCUT2D eigenvalue weighted by molar-refractivity contribution is -0.678. The Bertz CT molecular complexity index is 2120. The Hall–Kier alpha value is -5.14. The van der Waals surface area contributed by atoms with Crippen molar-refractivity contribution < 1.29 is 18.4 Å². The average molecular weight is 756 g/mol. The molecule has 12 nitrogen and oxygen atoms in total. The van der Waals surface area contributed by atoms with Crippen LogP contribution in [0.1, 0.15) is 22.5 Å². The van der Waals surface area contributed by atoms with E-state index in [1.54, 1.807) is 9.36 Å². The zero-order valence-corrected chi connectivity index (χ0v) is 30.6. The molecule has 2 aliphatic heterocycles. The molecule has 8 rings (SSSR count).